The number of aromatic nitrogens is 3. The van der Waals surface area contributed by atoms with E-state index in [1.807, 2.05) is 66.2 Å². The first-order valence-electron chi connectivity index (χ1n) is 8.99. The van der Waals surface area contributed by atoms with Crippen LogP contribution in [0.4, 0.5) is 5.82 Å². The highest BCUT2D eigenvalue weighted by atomic mass is 32.1. The highest BCUT2D eigenvalue weighted by Gasteiger charge is 2.16. The van der Waals surface area contributed by atoms with Gasteiger partial charge in [-0.05, 0) is 30.5 Å². The molecule has 6 nitrogen and oxygen atoms in total. The number of hydrogen-bond acceptors (Lipinski definition) is 6. The molecule has 5 aromatic rings. The maximum absolute atomic E-state index is 12.4. The zero-order valence-corrected chi connectivity index (χ0v) is 17.1. The van der Waals surface area contributed by atoms with Crippen LogP contribution in [0, 0.1) is 6.92 Å². The molecule has 0 atom stereocenters. The quantitative estimate of drug-likeness (QED) is 0.419. The number of rotatable bonds is 5. The van der Waals surface area contributed by atoms with Crippen molar-refractivity contribution in [2.24, 2.45) is 0 Å². The third-order valence-corrected chi connectivity index (χ3v) is 6.06. The summed E-state index contributed by atoms with van der Waals surface area (Å²) in [6.07, 6.45) is 0.337. The Hall–Kier alpha value is -3.23. The lowest BCUT2D eigenvalue weighted by molar-refractivity contribution is -0.115. The van der Waals surface area contributed by atoms with E-state index in [4.69, 9.17) is 4.42 Å². The van der Waals surface area contributed by atoms with Gasteiger partial charge in [-0.25, -0.2) is 4.98 Å². The van der Waals surface area contributed by atoms with Gasteiger partial charge in [0.05, 0.1) is 12.1 Å². The van der Waals surface area contributed by atoms with E-state index in [1.54, 1.807) is 16.0 Å². The van der Waals surface area contributed by atoms with E-state index in [9.17, 15) is 4.79 Å². The van der Waals surface area contributed by atoms with Gasteiger partial charge in [0.2, 0.25) is 11.0 Å². The third kappa shape index (κ3) is 3.59. The molecule has 0 saturated carbocycles. The predicted molar refractivity (Wildman–Crippen MR) is 116 cm³/mol. The van der Waals surface area contributed by atoms with Crippen molar-refractivity contribution < 1.29 is 9.21 Å². The van der Waals surface area contributed by atoms with Gasteiger partial charge in [-0.2, -0.15) is 9.78 Å². The first kappa shape index (κ1) is 17.8. The summed E-state index contributed by atoms with van der Waals surface area (Å²) in [6.45, 7) is 1.89. The minimum atomic E-state index is -0.0809. The van der Waals surface area contributed by atoms with Crippen LogP contribution in [0.15, 0.2) is 63.7 Å². The van der Waals surface area contributed by atoms with E-state index in [0.717, 1.165) is 27.2 Å². The first-order valence-corrected chi connectivity index (χ1v) is 10.8. The average Bonchev–Trinajstić information content (AvgIpc) is 3.48. The third-order valence-electron chi connectivity index (χ3n) is 4.37. The summed E-state index contributed by atoms with van der Waals surface area (Å²) in [5.74, 6) is 1.23. The lowest BCUT2D eigenvalue weighted by Gasteiger charge is -2.05. The molecule has 4 heterocycles. The fourth-order valence-electron chi connectivity index (χ4n) is 3.08. The average molecular weight is 421 g/mol. The summed E-state index contributed by atoms with van der Waals surface area (Å²) in [4.78, 5) is 18.1. The molecular weight excluding hydrogens is 404 g/mol. The second-order valence-electron chi connectivity index (χ2n) is 6.55. The number of anilines is 1. The van der Waals surface area contributed by atoms with Gasteiger partial charge in [0.25, 0.3) is 0 Å². The number of carbonyl (C=O) groups is 1. The summed E-state index contributed by atoms with van der Waals surface area (Å²) < 4.78 is 7.57. The van der Waals surface area contributed by atoms with Gasteiger partial charge in [-0.3, -0.25) is 4.79 Å². The number of thiophene rings is 1. The molecule has 0 unspecified atom stereocenters. The normalized spacial score (nSPS) is 11.2. The number of aryl methyl sites for hydroxylation is 1. The second-order valence-corrected chi connectivity index (χ2v) is 8.42. The number of nitrogens with zero attached hydrogens (tertiary/aromatic N) is 3. The zero-order valence-electron chi connectivity index (χ0n) is 15.5. The molecule has 0 aliphatic heterocycles. The maximum Gasteiger partial charge on any atom is 0.230 e. The minimum absolute atomic E-state index is 0.0809. The molecule has 0 saturated heterocycles. The summed E-state index contributed by atoms with van der Waals surface area (Å²) in [5, 5.41) is 13.1. The Morgan fingerprint density at radius 3 is 2.90 bits per heavy atom. The van der Waals surface area contributed by atoms with Crippen LogP contribution in [0.25, 0.3) is 27.6 Å². The Kier molecular flexibility index (Phi) is 4.49. The molecule has 8 heteroatoms. The molecule has 1 amide bonds. The Labute approximate surface area is 174 Å². The van der Waals surface area contributed by atoms with E-state index < -0.39 is 0 Å². The first-order chi connectivity index (χ1) is 14.2. The number of hydrogen-bond donors (Lipinski definition) is 1. The van der Waals surface area contributed by atoms with Crippen LogP contribution in [-0.2, 0) is 11.2 Å². The Bertz CT molecular complexity index is 1260. The number of thiazole rings is 1. The van der Waals surface area contributed by atoms with Crippen LogP contribution < -0.4 is 5.32 Å². The molecule has 0 aliphatic carbocycles. The van der Waals surface area contributed by atoms with Gasteiger partial charge >= 0.3 is 0 Å². The fraction of sp³-hybridized carbons (Fsp3) is 0.0952. The predicted octanol–water partition coefficient (Wildman–Crippen LogP) is 5.29. The SMILES string of the molecule is Cc1cc(NC(=O)Cc2cccs2)n(-c2nc(-c3cc4ccccc4o3)cs2)n1. The van der Waals surface area contributed by atoms with E-state index in [-0.39, 0.29) is 5.91 Å². The molecule has 0 spiro atoms. The van der Waals surface area contributed by atoms with Crippen molar-refractivity contribution in [2.45, 2.75) is 13.3 Å². The van der Waals surface area contributed by atoms with Crippen molar-refractivity contribution in [2.75, 3.05) is 5.32 Å². The maximum atomic E-state index is 12.4. The number of benzene rings is 1. The standard InChI is InChI=1S/C21H16N4O2S2/c1-13-9-19(23-20(26)11-15-6-4-8-28-15)25(24-13)21-22-16(12-29-21)18-10-14-5-2-3-7-17(14)27-18/h2-10,12H,11H2,1H3,(H,23,26). The van der Waals surface area contributed by atoms with Gasteiger partial charge < -0.3 is 9.73 Å². The molecule has 144 valence electrons. The van der Waals surface area contributed by atoms with Crippen LogP contribution in [0.5, 0.6) is 0 Å². The van der Waals surface area contributed by atoms with Gasteiger partial charge in [0, 0.05) is 21.7 Å². The van der Waals surface area contributed by atoms with Crippen molar-refractivity contribution in [1.82, 2.24) is 14.8 Å². The van der Waals surface area contributed by atoms with Gasteiger partial charge in [0.15, 0.2) is 5.76 Å². The highest BCUT2D eigenvalue weighted by molar-refractivity contribution is 7.12. The van der Waals surface area contributed by atoms with Crippen LogP contribution in [0.2, 0.25) is 0 Å². The van der Waals surface area contributed by atoms with Crippen molar-refractivity contribution in [3.63, 3.8) is 0 Å². The number of para-hydroxylation sites is 1. The Morgan fingerprint density at radius 2 is 2.07 bits per heavy atom. The number of furan rings is 1. The number of fused-ring (bicyclic) bond motifs is 1. The van der Waals surface area contributed by atoms with Crippen molar-refractivity contribution in [1.29, 1.82) is 0 Å². The van der Waals surface area contributed by atoms with E-state index >= 15 is 0 Å². The van der Waals surface area contributed by atoms with Gasteiger partial charge in [-0.15, -0.1) is 22.7 Å². The molecule has 1 N–H and O–H groups in total. The van der Waals surface area contributed by atoms with Crippen molar-refractivity contribution in [3.05, 3.63) is 69.9 Å². The molecule has 0 radical (unpaired) electrons. The van der Waals surface area contributed by atoms with E-state index in [0.29, 0.717) is 23.1 Å². The lowest BCUT2D eigenvalue weighted by Crippen LogP contribution is -2.16. The second kappa shape index (κ2) is 7.31. The van der Waals surface area contributed by atoms with Crippen molar-refractivity contribution in [3.8, 4) is 16.6 Å². The van der Waals surface area contributed by atoms with Crippen LogP contribution in [-0.4, -0.2) is 20.7 Å². The molecule has 0 bridgehead atoms. The minimum Gasteiger partial charge on any atom is -0.454 e. The van der Waals surface area contributed by atoms with Crippen LogP contribution in [0.3, 0.4) is 0 Å². The Balaban J connectivity index is 1.42. The Morgan fingerprint density at radius 1 is 1.17 bits per heavy atom. The van der Waals surface area contributed by atoms with Gasteiger partial charge in [0.1, 0.15) is 17.1 Å². The van der Waals surface area contributed by atoms with Crippen molar-refractivity contribution >= 4 is 45.4 Å². The number of amides is 1. The molecule has 29 heavy (non-hydrogen) atoms. The summed E-state index contributed by atoms with van der Waals surface area (Å²) >= 11 is 3.01. The molecule has 0 fully saturated rings. The fourth-order valence-corrected chi connectivity index (χ4v) is 4.56. The van der Waals surface area contributed by atoms with E-state index in [2.05, 4.69) is 15.4 Å². The molecular formula is C21H16N4O2S2. The summed E-state index contributed by atoms with van der Waals surface area (Å²) in [7, 11) is 0. The topological polar surface area (TPSA) is 73.0 Å². The lowest BCUT2D eigenvalue weighted by atomic mass is 10.2. The number of carbonyl (C=O) groups excluding carboxylic acids is 1. The molecule has 5 rings (SSSR count). The number of nitrogens with one attached hydrogen (secondary N) is 1. The summed E-state index contributed by atoms with van der Waals surface area (Å²) in [5.41, 5.74) is 2.37. The molecule has 1 aromatic carbocycles. The largest absolute Gasteiger partial charge is 0.454 e. The molecule has 0 aliphatic rings. The van der Waals surface area contributed by atoms with Crippen LogP contribution >= 0.6 is 22.7 Å². The molecule has 4 aromatic heterocycles. The van der Waals surface area contributed by atoms with Crippen LogP contribution in [0.1, 0.15) is 10.6 Å². The summed E-state index contributed by atoms with van der Waals surface area (Å²) in [6, 6.07) is 15.6. The smallest absolute Gasteiger partial charge is 0.230 e. The van der Waals surface area contributed by atoms with Gasteiger partial charge in [-0.1, -0.05) is 24.3 Å². The van der Waals surface area contributed by atoms with E-state index in [1.165, 1.54) is 11.3 Å². The zero-order chi connectivity index (χ0) is 19.8. The highest BCUT2D eigenvalue weighted by Crippen LogP contribution is 2.30. The monoisotopic (exact) mass is 420 g/mol.